The summed E-state index contributed by atoms with van der Waals surface area (Å²) in [5.41, 5.74) is 7.16. The van der Waals surface area contributed by atoms with E-state index in [1.807, 2.05) is 18.2 Å². The van der Waals surface area contributed by atoms with Crippen molar-refractivity contribution in [3.8, 4) is 11.8 Å². The number of rotatable bonds is 5. The number of halogens is 1. The Morgan fingerprint density at radius 1 is 1.31 bits per heavy atom. The number of ether oxygens (including phenoxy) is 1. The molecule has 0 spiro atoms. The van der Waals surface area contributed by atoms with Crippen LogP contribution >= 0.6 is 0 Å². The van der Waals surface area contributed by atoms with Crippen LogP contribution in [0.25, 0.3) is 0 Å². The molecule has 0 bridgehead atoms. The zero-order valence-electron chi connectivity index (χ0n) is 16.3. The molecule has 152 valence electrons. The van der Waals surface area contributed by atoms with Gasteiger partial charge in [-0.2, -0.15) is 5.26 Å². The summed E-state index contributed by atoms with van der Waals surface area (Å²) >= 11 is 0. The lowest BCUT2D eigenvalue weighted by molar-refractivity contribution is -0.0870. The maximum Gasteiger partial charge on any atom is 0.338 e. The van der Waals surface area contributed by atoms with Crippen LogP contribution in [0.1, 0.15) is 42.4 Å². The molecule has 1 fully saturated rings. The number of amides is 2. The summed E-state index contributed by atoms with van der Waals surface area (Å²) < 4.78 is 18.7. The number of primary amides is 1. The number of nitrogens with two attached hydrogens (primary N) is 1. The third-order valence-corrected chi connectivity index (χ3v) is 5.74. The van der Waals surface area contributed by atoms with Crippen molar-refractivity contribution in [3.63, 3.8) is 0 Å². The number of hydroxylamine groups is 2. The highest BCUT2D eigenvalue weighted by Crippen LogP contribution is 2.41. The van der Waals surface area contributed by atoms with Gasteiger partial charge < -0.3 is 10.5 Å². The Bertz CT molecular complexity index is 916. The van der Waals surface area contributed by atoms with Crippen LogP contribution in [-0.4, -0.2) is 29.5 Å². The summed E-state index contributed by atoms with van der Waals surface area (Å²) in [5, 5.41) is 20.3. The number of methoxy groups -OCH3 is 1. The molecule has 0 atom stereocenters. The lowest BCUT2D eigenvalue weighted by Gasteiger charge is -2.37. The summed E-state index contributed by atoms with van der Waals surface area (Å²) in [6, 6.07) is 13.2. The minimum Gasteiger partial charge on any atom is -0.496 e. The second kappa shape index (κ2) is 8.50. The van der Waals surface area contributed by atoms with Crippen molar-refractivity contribution in [2.75, 3.05) is 7.11 Å². The molecule has 7 heteroatoms. The monoisotopic (exact) mass is 397 g/mol. The zero-order valence-corrected chi connectivity index (χ0v) is 16.3. The van der Waals surface area contributed by atoms with Gasteiger partial charge in [0, 0.05) is 6.42 Å². The first-order chi connectivity index (χ1) is 13.9. The summed E-state index contributed by atoms with van der Waals surface area (Å²) in [6.45, 7) is 0. The number of hydrogen-bond donors (Lipinski definition) is 2. The number of urea groups is 1. The van der Waals surface area contributed by atoms with Gasteiger partial charge in [0.1, 0.15) is 11.6 Å². The van der Waals surface area contributed by atoms with E-state index in [2.05, 4.69) is 6.07 Å². The number of carbonyl (C=O) groups excluding carboxylic acids is 1. The number of carbonyl (C=O) groups is 1. The topological polar surface area (TPSA) is 99.6 Å². The van der Waals surface area contributed by atoms with Crippen molar-refractivity contribution in [2.24, 2.45) is 5.73 Å². The molecule has 0 aromatic heterocycles. The summed E-state index contributed by atoms with van der Waals surface area (Å²) in [6.07, 6.45) is 2.51. The molecular formula is C22H24FN3O3. The summed E-state index contributed by atoms with van der Waals surface area (Å²) in [7, 11) is 1.59. The van der Waals surface area contributed by atoms with Gasteiger partial charge in [0.2, 0.25) is 0 Å². The quantitative estimate of drug-likeness (QED) is 0.590. The average molecular weight is 397 g/mol. The van der Waals surface area contributed by atoms with Crippen molar-refractivity contribution in [1.82, 2.24) is 5.06 Å². The number of hydrogen-bond acceptors (Lipinski definition) is 4. The molecule has 0 aliphatic heterocycles. The van der Waals surface area contributed by atoms with E-state index in [9.17, 15) is 19.7 Å². The molecule has 1 saturated carbocycles. The van der Waals surface area contributed by atoms with Gasteiger partial charge in [-0.25, -0.2) is 14.2 Å². The highest BCUT2D eigenvalue weighted by Gasteiger charge is 2.39. The predicted molar refractivity (Wildman–Crippen MR) is 105 cm³/mol. The van der Waals surface area contributed by atoms with E-state index in [-0.39, 0.29) is 11.9 Å². The largest absolute Gasteiger partial charge is 0.496 e. The lowest BCUT2D eigenvalue weighted by Crippen LogP contribution is -2.45. The van der Waals surface area contributed by atoms with Crippen LogP contribution in [0.3, 0.4) is 0 Å². The Morgan fingerprint density at radius 2 is 1.97 bits per heavy atom. The zero-order chi connectivity index (χ0) is 21.0. The SMILES string of the molecule is COc1ccc(C2(C#N)CCC(N(O)C(N)=O)CC2)cc1Cc1ccc(F)cc1. The molecule has 2 amide bonds. The summed E-state index contributed by atoms with van der Waals surface area (Å²) in [5.74, 6) is 0.415. The van der Waals surface area contributed by atoms with Gasteiger partial charge in [-0.1, -0.05) is 24.3 Å². The normalized spacial score (nSPS) is 21.2. The Morgan fingerprint density at radius 3 is 2.52 bits per heavy atom. The minimum atomic E-state index is -0.884. The minimum absolute atomic E-state index is 0.288. The Hall–Kier alpha value is -3.11. The van der Waals surface area contributed by atoms with Crippen LogP contribution < -0.4 is 10.5 Å². The van der Waals surface area contributed by atoms with E-state index in [4.69, 9.17) is 10.5 Å². The van der Waals surface area contributed by atoms with Crippen molar-refractivity contribution in [1.29, 1.82) is 5.26 Å². The molecular weight excluding hydrogens is 373 g/mol. The van der Waals surface area contributed by atoms with Crippen LogP contribution in [0.4, 0.5) is 9.18 Å². The Kier molecular flexibility index (Phi) is 6.04. The van der Waals surface area contributed by atoms with Gasteiger partial charge in [-0.3, -0.25) is 5.21 Å². The molecule has 29 heavy (non-hydrogen) atoms. The van der Waals surface area contributed by atoms with E-state index in [1.54, 1.807) is 19.2 Å². The maximum absolute atomic E-state index is 13.2. The summed E-state index contributed by atoms with van der Waals surface area (Å²) in [4.78, 5) is 11.2. The van der Waals surface area contributed by atoms with Gasteiger partial charge in [0.15, 0.2) is 0 Å². The third kappa shape index (κ3) is 4.33. The first kappa shape index (κ1) is 20.6. The van der Waals surface area contributed by atoms with Crippen LogP contribution in [0.15, 0.2) is 42.5 Å². The van der Waals surface area contributed by atoms with Crippen LogP contribution in [0.2, 0.25) is 0 Å². The first-order valence-electron chi connectivity index (χ1n) is 9.49. The first-order valence-corrected chi connectivity index (χ1v) is 9.49. The molecule has 0 heterocycles. The second-order valence-electron chi connectivity index (χ2n) is 7.44. The molecule has 3 N–H and O–H groups in total. The van der Waals surface area contributed by atoms with Crippen molar-refractivity contribution < 1.29 is 19.1 Å². The fourth-order valence-corrected chi connectivity index (χ4v) is 4.02. The van der Waals surface area contributed by atoms with E-state index in [0.717, 1.165) is 16.7 Å². The van der Waals surface area contributed by atoms with Gasteiger partial charge >= 0.3 is 6.03 Å². The van der Waals surface area contributed by atoms with Gasteiger partial charge in [0.25, 0.3) is 0 Å². The average Bonchev–Trinajstić information content (AvgIpc) is 2.74. The van der Waals surface area contributed by atoms with Crippen LogP contribution in [0, 0.1) is 17.1 Å². The fraction of sp³-hybridized carbons (Fsp3) is 0.364. The molecule has 2 aromatic carbocycles. The second-order valence-corrected chi connectivity index (χ2v) is 7.44. The van der Waals surface area contributed by atoms with Crippen molar-refractivity contribution in [2.45, 2.75) is 43.6 Å². The Labute approximate surface area is 169 Å². The van der Waals surface area contributed by atoms with E-state index in [1.165, 1.54) is 12.1 Å². The predicted octanol–water partition coefficient (Wildman–Crippen LogP) is 3.90. The maximum atomic E-state index is 13.2. The Balaban J connectivity index is 1.86. The highest BCUT2D eigenvalue weighted by atomic mass is 19.1. The van der Waals surface area contributed by atoms with Gasteiger partial charge in [-0.05, 0) is 60.6 Å². The number of nitrogens with zero attached hydrogens (tertiary/aromatic N) is 2. The number of benzene rings is 2. The highest BCUT2D eigenvalue weighted by molar-refractivity contribution is 5.70. The standard InChI is InChI=1S/C22H24FN3O3/c1-29-20-7-4-17(13-16(20)12-15-2-5-18(23)6-3-15)22(14-24)10-8-19(9-11-22)26(28)21(25)27/h2-7,13,19,28H,8-12H2,1H3,(H2,25,27). The van der Waals surface area contributed by atoms with Crippen molar-refractivity contribution >= 4 is 6.03 Å². The fourth-order valence-electron chi connectivity index (χ4n) is 4.02. The third-order valence-electron chi connectivity index (χ3n) is 5.74. The molecule has 3 rings (SSSR count). The molecule has 0 unspecified atom stereocenters. The molecule has 1 aliphatic carbocycles. The van der Waals surface area contributed by atoms with Crippen LogP contribution in [0.5, 0.6) is 5.75 Å². The molecule has 0 radical (unpaired) electrons. The van der Waals surface area contributed by atoms with E-state index < -0.39 is 11.4 Å². The molecule has 2 aromatic rings. The van der Waals surface area contributed by atoms with Gasteiger partial charge in [0.05, 0.1) is 24.6 Å². The van der Waals surface area contributed by atoms with Gasteiger partial charge in [-0.15, -0.1) is 0 Å². The van der Waals surface area contributed by atoms with Crippen LogP contribution in [-0.2, 0) is 11.8 Å². The molecule has 0 saturated heterocycles. The van der Waals surface area contributed by atoms with E-state index in [0.29, 0.717) is 42.9 Å². The van der Waals surface area contributed by atoms with E-state index >= 15 is 0 Å². The van der Waals surface area contributed by atoms with Crippen molar-refractivity contribution in [3.05, 3.63) is 65.0 Å². The smallest absolute Gasteiger partial charge is 0.338 e. The number of nitriles is 1. The lowest BCUT2D eigenvalue weighted by atomic mass is 9.69. The molecule has 1 aliphatic rings. The molecule has 6 nitrogen and oxygen atoms in total.